The molecule has 178 valence electrons. The quantitative estimate of drug-likeness (QED) is 0.406. The van der Waals surface area contributed by atoms with Crippen LogP contribution in [0.4, 0.5) is 10.5 Å². The molecule has 3 aromatic carbocycles. The number of carbonyl (C=O) groups is 2. The topological polar surface area (TPSA) is 86.0 Å². The van der Waals surface area contributed by atoms with Crippen LogP contribution in [-0.2, 0) is 6.54 Å². The Hall–Kier alpha value is -4.10. The number of benzene rings is 3. The van der Waals surface area contributed by atoms with Crippen molar-refractivity contribution >= 4 is 28.7 Å². The number of piperazine rings is 1. The molecule has 2 heterocycles. The summed E-state index contributed by atoms with van der Waals surface area (Å²) in [6.45, 7) is 5.19. The van der Waals surface area contributed by atoms with Crippen molar-refractivity contribution in [2.75, 3.05) is 31.5 Å². The van der Waals surface area contributed by atoms with Crippen LogP contribution in [0.1, 0.15) is 21.5 Å². The zero-order valence-electron chi connectivity index (χ0n) is 19.5. The Bertz CT molecular complexity index is 1370. The predicted octanol–water partition coefficient (Wildman–Crippen LogP) is 5.46. The smallest absolute Gasteiger partial charge is 0.407 e. The molecule has 7 heteroatoms. The number of amides is 2. The third-order valence-corrected chi connectivity index (χ3v) is 6.39. The van der Waals surface area contributed by atoms with Crippen molar-refractivity contribution in [2.45, 2.75) is 13.5 Å². The van der Waals surface area contributed by atoms with Gasteiger partial charge in [0.25, 0.3) is 5.91 Å². The molecule has 0 aliphatic carbocycles. The van der Waals surface area contributed by atoms with Crippen molar-refractivity contribution in [2.24, 2.45) is 0 Å². The number of nitrogens with one attached hydrogen (secondary N) is 1. The second-order valence-electron chi connectivity index (χ2n) is 8.89. The molecular weight excluding hydrogens is 442 g/mol. The number of carbonyl (C=O) groups excluding carboxylic acids is 1. The number of fused-ring (bicyclic) bond motifs is 1. The Balaban J connectivity index is 1.34. The van der Waals surface area contributed by atoms with E-state index in [0.29, 0.717) is 43.2 Å². The number of carboxylic acid groups (broad SMARTS) is 1. The second-order valence-corrected chi connectivity index (χ2v) is 8.89. The van der Waals surface area contributed by atoms with Gasteiger partial charge in [0.1, 0.15) is 11.3 Å². The van der Waals surface area contributed by atoms with Gasteiger partial charge < -0.3 is 19.7 Å². The minimum atomic E-state index is -0.857. The summed E-state index contributed by atoms with van der Waals surface area (Å²) in [7, 11) is 0. The van der Waals surface area contributed by atoms with Gasteiger partial charge in [0, 0.05) is 49.2 Å². The summed E-state index contributed by atoms with van der Waals surface area (Å²) >= 11 is 0. The van der Waals surface area contributed by atoms with Crippen LogP contribution in [0, 0.1) is 6.92 Å². The summed E-state index contributed by atoms with van der Waals surface area (Å²) in [4.78, 5) is 27.6. The lowest BCUT2D eigenvalue weighted by Gasteiger charge is -2.33. The molecule has 1 aliphatic rings. The number of furan rings is 1. The average Bonchev–Trinajstić information content (AvgIpc) is 3.28. The summed E-state index contributed by atoms with van der Waals surface area (Å²) in [6, 6.07) is 23.2. The van der Waals surface area contributed by atoms with Crippen LogP contribution in [0.25, 0.3) is 22.3 Å². The first-order chi connectivity index (χ1) is 17.0. The number of hydrogen-bond acceptors (Lipinski definition) is 4. The van der Waals surface area contributed by atoms with Gasteiger partial charge in [0.05, 0.1) is 5.69 Å². The van der Waals surface area contributed by atoms with E-state index in [1.54, 1.807) is 0 Å². The number of hydrogen-bond donors (Lipinski definition) is 2. The first-order valence-corrected chi connectivity index (χ1v) is 11.7. The van der Waals surface area contributed by atoms with Crippen LogP contribution in [-0.4, -0.2) is 53.1 Å². The summed E-state index contributed by atoms with van der Waals surface area (Å²) in [5, 5.41) is 13.1. The van der Waals surface area contributed by atoms with Crippen LogP contribution in [0.3, 0.4) is 0 Å². The van der Waals surface area contributed by atoms with Crippen LogP contribution in [0.5, 0.6) is 0 Å². The highest BCUT2D eigenvalue weighted by Gasteiger charge is 2.20. The predicted molar refractivity (Wildman–Crippen MR) is 136 cm³/mol. The highest BCUT2D eigenvalue weighted by molar-refractivity contribution is 6.06. The lowest BCUT2D eigenvalue weighted by molar-refractivity contribution is 0.102. The lowest BCUT2D eigenvalue weighted by atomic mass is 10.1. The minimum Gasteiger partial charge on any atom is -0.465 e. The van der Waals surface area contributed by atoms with Crippen LogP contribution >= 0.6 is 0 Å². The fraction of sp³-hybridized carbons (Fsp3) is 0.214. The Morgan fingerprint density at radius 3 is 2.43 bits per heavy atom. The van der Waals surface area contributed by atoms with Crippen molar-refractivity contribution in [1.82, 2.24) is 9.80 Å². The standard InChI is InChI=1S/C28H27N3O4/c1-19-6-9-21(10-7-19)27(32)29-24-5-3-2-4-23(24)26-17-22-11-8-20(16-25(22)35-26)18-30-12-14-31(15-13-30)28(33)34/h2-11,16-17H,12-15,18H2,1H3,(H,29,32)(H,33,34). The fourth-order valence-electron chi connectivity index (χ4n) is 4.37. The Labute approximate surface area is 203 Å². The van der Waals surface area contributed by atoms with E-state index in [4.69, 9.17) is 9.52 Å². The highest BCUT2D eigenvalue weighted by atomic mass is 16.4. The Morgan fingerprint density at radius 2 is 1.69 bits per heavy atom. The average molecular weight is 470 g/mol. The molecule has 35 heavy (non-hydrogen) atoms. The number of rotatable bonds is 5. The summed E-state index contributed by atoms with van der Waals surface area (Å²) in [5.74, 6) is 0.519. The summed E-state index contributed by atoms with van der Waals surface area (Å²) < 4.78 is 6.22. The van der Waals surface area contributed by atoms with E-state index in [9.17, 15) is 9.59 Å². The second kappa shape index (κ2) is 9.64. The van der Waals surface area contributed by atoms with Crippen LogP contribution in [0.15, 0.2) is 77.2 Å². The van der Waals surface area contributed by atoms with Gasteiger partial charge in [-0.15, -0.1) is 0 Å². The van der Waals surface area contributed by atoms with Gasteiger partial charge in [-0.2, -0.15) is 0 Å². The van der Waals surface area contributed by atoms with E-state index >= 15 is 0 Å². The monoisotopic (exact) mass is 469 g/mol. The first-order valence-electron chi connectivity index (χ1n) is 11.7. The molecule has 2 amide bonds. The van der Waals surface area contributed by atoms with Crippen LogP contribution < -0.4 is 5.32 Å². The molecule has 0 spiro atoms. The van der Waals surface area contributed by atoms with Gasteiger partial charge in [-0.25, -0.2) is 4.79 Å². The van der Waals surface area contributed by atoms with Crippen LogP contribution in [0.2, 0.25) is 0 Å². The highest BCUT2D eigenvalue weighted by Crippen LogP contribution is 2.33. The fourth-order valence-corrected chi connectivity index (χ4v) is 4.37. The molecule has 4 aromatic rings. The molecule has 0 saturated carbocycles. The third kappa shape index (κ3) is 5.05. The lowest BCUT2D eigenvalue weighted by Crippen LogP contribution is -2.47. The maximum Gasteiger partial charge on any atom is 0.407 e. The number of nitrogens with zero attached hydrogens (tertiary/aromatic N) is 2. The number of para-hydroxylation sites is 1. The van der Waals surface area contributed by atoms with E-state index in [1.807, 2.05) is 73.7 Å². The Morgan fingerprint density at radius 1 is 0.943 bits per heavy atom. The summed E-state index contributed by atoms with van der Waals surface area (Å²) in [6.07, 6.45) is -0.857. The molecule has 0 atom stereocenters. The van der Waals surface area contributed by atoms with Crippen molar-refractivity contribution in [3.63, 3.8) is 0 Å². The van der Waals surface area contributed by atoms with Gasteiger partial charge in [0.2, 0.25) is 0 Å². The molecule has 1 saturated heterocycles. The SMILES string of the molecule is Cc1ccc(C(=O)Nc2ccccc2-c2cc3ccc(CN4CCN(C(=O)O)CC4)cc3o2)cc1. The van der Waals surface area contributed by atoms with Crippen molar-refractivity contribution in [3.05, 3.63) is 89.5 Å². The van der Waals surface area contributed by atoms with Gasteiger partial charge in [-0.3, -0.25) is 9.69 Å². The van der Waals surface area contributed by atoms with E-state index in [0.717, 1.165) is 34.2 Å². The zero-order valence-corrected chi connectivity index (χ0v) is 19.5. The van der Waals surface area contributed by atoms with Crippen molar-refractivity contribution < 1.29 is 19.1 Å². The molecule has 0 unspecified atom stereocenters. The Kier molecular flexibility index (Phi) is 6.25. The molecule has 1 aromatic heterocycles. The first kappa shape index (κ1) is 22.7. The summed E-state index contributed by atoms with van der Waals surface area (Å²) in [5.41, 5.74) is 5.10. The van der Waals surface area contributed by atoms with Gasteiger partial charge in [-0.05, 0) is 48.9 Å². The number of aryl methyl sites for hydroxylation is 1. The molecule has 0 radical (unpaired) electrons. The van der Waals surface area contributed by atoms with E-state index < -0.39 is 6.09 Å². The molecule has 1 fully saturated rings. The molecular formula is C28H27N3O4. The zero-order chi connectivity index (χ0) is 24.4. The van der Waals surface area contributed by atoms with Gasteiger partial charge in [-0.1, -0.05) is 42.0 Å². The normalized spacial score (nSPS) is 14.3. The van der Waals surface area contributed by atoms with E-state index in [1.165, 1.54) is 4.90 Å². The molecule has 2 N–H and O–H groups in total. The molecule has 1 aliphatic heterocycles. The van der Waals surface area contributed by atoms with Crippen molar-refractivity contribution in [1.29, 1.82) is 0 Å². The van der Waals surface area contributed by atoms with Crippen molar-refractivity contribution in [3.8, 4) is 11.3 Å². The largest absolute Gasteiger partial charge is 0.465 e. The van der Waals surface area contributed by atoms with Gasteiger partial charge in [0.15, 0.2) is 0 Å². The third-order valence-electron chi connectivity index (χ3n) is 6.39. The van der Waals surface area contributed by atoms with E-state index in [-0.39, 0.29) is 5.91 Å². The van der Waals surface area contributed by atoms with E-state index in [2.05, 4.69) is 16.3 Å². The maximum atomic E-state index is 12.8. The minimum absolute atomic E-state index is 0.168. The van der Waals surface area contributed by atoms with Gasteiger partial charge >= 0.3 is 6.09 Å². The maximum absolute atomic E-state index is 12.8. The molecule has 0 bridgehead atoms. The molecule has 5 rings (SSSR count). The number of anilines is 1. The molecule has 7 nitrogen and oxygen atoms in total.